The van der Waals surface area contributed by atoms with Crippen molar-refractivity contribution in [2.24, 2.45) is 0 Å². The summed E-state index contributed by atoms with van der Waals surface area (Å²) in [5.41, 5.74) is 0.125. The first-order valence-electron chi connectivity index (χ1n) is 9.52. The number of nitrogens with zero attached hydrogens (tertiary/aromatic N) is 2. The van der Waals surface area contributed by atoms with E-state index in [1.165, 1.54) is 54.4 Å². The number of anilines is 1. The van der Waals surface area contributed by atoms with E-state index in [0.29, 0.717) is 12.8 Å². The predicted octanol–water partition coefficient (Wildman–Crippen LogP) is 3.03. The Morgan fingerprint density at radius 1 is 1.07 bits per heavy atom. The predicted molar refractivity (Wildman–Crippen MR) is 109 cm³/mol. The van der Waals surface area contributed by atoms with Crippen molar-refractivity contribution in [1.29, 1.82) is 0 Å². The number of aliphatic hydroxyl groups excluding tert-OH is 1. The molecule has 0 unspecified atom stereocenters. The van der Waals surface area contributed by atoms with Crippen LogP contribution < -0.4 is 4.31 Å². The van der Waals surface area contributed by atoms with Crippen LogP contribution in [0.2, 0.25) is 0 Å². The molecule has 29 heavy (non-hydrogen) atoms. The molecular weight excluding hydrogens is 395 g/mol. The van der Waals surface area contributed by atoms with E-state index in [2.05, 4.69) is 0 Å². The molecular formula is C21H25FN2O4S. The molecule has 0 heterocycles. The van der Waals surface area contributed by atoms with E-state index in [9.17, 15) is 22.7 Å². The second-order valence-corrected chi connectivity index (χ2v) is 9.26. The molecule has 156 valence electrons. The summed E-state index contributed by atoms with van der Waals surface area (Å²) in [7, 11) is -1.17. The minimum Gasteiger partial charge on any atom is -0.391 e. The van der Waals surface area contributed by atoms with E-state index in [4.69, 9.17) is 0 Å². The van der Waals surface area contributed by atoms with Crippen LogP contribution in [0.25, 0.3) is 0 Å². The second kappa shape index (κ2) is 8.51. The molecule has 1 saturated carbocycles. The van der Waals surface area contributed by atoms with Gasteiger partial charge in [0.2, 0.25) is 0 Å². The van der Waals surface area contributed by atoms with Crippen LogP contribution in [0.3, 0.4) is 0 Å². The standard InChI is InChI=1S/C21H25FN2O4S/c1-23(19-12-5-6-13-20(19)25)21(26)15-8-7-9-16(14-15)29(27,28)24(2)18-11-4-3-10-17(18)22/h3-4,7-11,14,19-20,25H,5-6,12-13H2,1-2H3/t19-,20-/m1/s1. The molecule has 2 aromatic carbocycles. The summed E-state index contributed by atoms with van der Waals surface area (Å²) in [6.07, 6.45) is 2.62. The SMILES string of the molecule is CN(C(=O)c1cccc(S(=O)(=O)N(C)c2ccccc2F)c1)[C@@H]1CCCC[C@H]1O. The van der Waals surface area contributed by atoms with Crippen molar-refractivity contribution in [3.8, 4) is 0 Å². The number of aliphatic hydroxyl groups is 1. The number of carbonyl (C=O) groups is 1. The van der Waals surface area contributed by atoms with Gasteiger partial charge in [-0.2, -0.15) is 0 Å². The molecule has 0 aromatic heterocycles. The number of rotatable bonds is 5. The maximum atomic E-state index is 14.1. The number of carbonyl (C=O) groups excluding carboxylic acids is 1. The van der Waals surface area contributed by atoms with Crippen molar-refractivity contribution in [2.45, 2.75) is 42.7 Å². The van der Waals surface area contributed by atoms with Crippen LogP contribution in [0.5, 0.6) is 0 Å². The van der Waals surface area contributed by atoms with Crippen LogP contribution in [0, 0.1) is 5.82 Å². The summed E-state index contributed by atoms with van der Waals surface area (Å²) in [6.45, 7) is 0. The zero-order chi connectivity index (χ0) is 21.2. The van der Waals surface area contributed by atoms with Crippen LogP contribution in [0.15, 0.2) is 53.4 Å². The van der Waals surface area contributed by atoms with E-state index in [-0.39, 0.29) is 28.1 Å². The molecule has 1 aliphatic rings. The Balaban J connectivity index is 1.88. The van der Waals surface area contributed by atoms with Gasteiger partial charge >= 0.3 is 0 Å². The summed E-state index contributed by atoms with van der Waals surface area (Å²) in [5.74, 6) is -1.02. The number of hydrogen-bond donors (Lipinski definition) is 1. The minimum atomic E-state index is -4.06. The van der Waals surface area contributed by atoms with E-state index < -0.39 is 21.9 Å². The molecule has 2 aromatic rings. The van der Waals surface area contributed by atoms with Gasteiger partial charge in [0.25, 0.3) is 15.9 Å². The highest BCUT2D eigenvalue weighted by atomic mass is 32.2. The van der Waals surface area contributed by atoms with Gasteiger partial charge in [-0.1, -0.05) is 31.0 Å². The lowest BCUT2D eigenvalue weighted by molar-refractivity contribution is 0.0268. The smallest absolute Gasteiger partial charge is 0.264 e. The molecule has 6 nitrogen and oxygen atoms in total. The van der Waals surface area contributed by atoms with Crippen LogP contribution in [0.4, 0.5) is 10.1 Å². The molecule has 0 bridgehead atoms. The van der Waals surface area contributed by atoms with Gasteiger partial charge in [0, 0.05) is 19.7 Å². The number of halogens is 1. The fourth-order valence-corrected chi connectivity index (χ4v) is 4.93. The van der Waals surface area contributed by atoms with Crippen molar-refractivity contribution in [3.05, 3.63) is 59.9 Å². The Kier molecular flexibility index (Phi) is 6.24. The van der Waals surface area contributed by atoms with Gasteiger partial charge in [0.15, 0.2) is 0 Å². The highest BCUT2D eigenvalue weighted by molar-refractivity contribution is 7.92. The topological polar surface area (TPSA) is 77.9 Å². The van der Waals surface area contributed by atoms with E-state index in [0.717, 1.165) is 17.1 Å². The Morgan fingerprint density at radius 3 is 2.45 bits per heavy atom. The average Bonchev–Trinajstić information content (AvgIpc) is 2.73. The fourth-order valence-electron chi connectivity index (χ4n) is 3.68. The number of likely N-dealkylation sites (N-methyl/N-ethyl adjacent to an activating group) is 1. The van der Waals surface area contributed by atoms with Gasteiger partial charge < -0.3 is 10.0 Å². The first-order chi connectivity index (χ1) is 13.7. The second-order valence-electron chi connectivity index (χ2n) is 7.29. The Hall–Kier alpha value is -2.45. The molecule has 0 aliphatic heterocycles. The van der Waals surface area contributed by atoms with E-state index in [1.807, 2.05) is 0 Å². The summed E-state index contributed by atoms with van der Waals surface area (Å²) >= 11 is 0. The lowest BCUT2D eigenvalue weighted by Gasteiger charge is -2.35. The molecule has 1 fully saturated rings. The van der Waals surface area contributed by atoms with Crippen LogP contribution in [-0.2, 0) is 10.0 Å². The summed E-state index contributed by atoms with van der Waals surface area (Å²) in [5, 5.41) is 10.2. The van der Waals surface area contributed by atoms with Gasteiger partial charge in [-0.05, 0) is 43.2 Å². The molecule has 8 heteroatoms. The van der Waals surface area contributed by atoms with Gasteiger partial charge in [0.05, 0.1) is 22.7 Å². The number of benzene rings is 2. The Labute approximate surface area is 170 Å². The minimum absolute atomic E-state index is 0.0772. The third kappa shape index (κ3) is 4.28. The van der Waals surface area contributed by atoms with Crippen LogP contribution >= 0.6 is 0 Å². The van der Waals surface area contributed by atoms with Gasteiger partial charge in [-0.3, -0.25) is 9.10 Å². The zero-order valence-corrected chi connectivity index (χ0v) is 17.3. The summed E-state index contributed by atoms with van der Waals surface area (Å²) in [6, 6.07) is 11.0. The van der Waals surface area contributed by atoms with Gasteiger partial charge in [-0.15, -0.1) is 0 Å². The largest absolute Gasteiger partial charge is 0.391 e. The zero-order valence-electron chi connectivity index (χ0n) is 16.5. The molecule has 1 N–H and O–H groups in total. The van der Waals surface area contributed by atoms with Crippen LogP contribution in [0.1, 0.15) is 36.0 Å². The van der Waals surface area contributed by atoms with Crippen molar-refractivity contribution >= 4 is 21.6 Å². The van der Waals surface area contributed by atoms with Gasteiger partial charge in [0.1, 0.15) is 5.82 Å². The van der Waals surface area contributed by atoms with Crippen molar-refractivity contribution < 1.29 is 22.7 Å². The van der Waals surface area contributed by atoms with Gasteiger partial charge in [-0.25, -0.2) is 12.8 Å². The quantitative estimate of drug-likeness (QED) is 0.807. The van der Waals surface area contributed by atoms with Crippen LogP contribution in [-0.4, -0.2) is 50.6 Å². The molecule has 0 saturated heterocycles. The van der Waals surface area contributed by atoms with E-state index >= 15 is 0 Å². The first kappa shape index (κ1) is 21.3. The summed E-state index contributed by atoms with van der Waals surface area (Å²) < 4.78 is 40.9. The first-order valence-corrected chi connectivity index (χ1v) is 11.0. The molecule has 3 rings (SSSR count). The third-order valence-electron chi connectivity index (χ3n) is 5.44. The molecule has 1 amide bonds. The number of hydrogen-bond acceptors (Lipinski definition) is 4. The Morgan fingerprint density at radius 2 is 1.76 bits per heavy atom. The monoisotopic (exact) mass is 420 g/mol. The number of para-hydroxylation sites is 1. The number of amides is 1. The maximum absolute atomic E-state index is 14.1. The fraction of sp³-hybridized carbons (Fsp3) is 0.381. The van der Waals surface area contributed by atoms with Crippen molar-refractivity contribution in [1.82, 2.24) is 4.90 Å². The van der Waals surface area contributed by atoms with Crippen molar-refractivity contribution in [2.75, 3.05) is 18.4 Å². The number of sulfonamides is 1. The lowest BCUT2D eigenvalue weighted by Crippen LogP contribution is -2.46. The van der Waals surface area contributed by atoms with E-state index in [1.54, 1.807) is 13.1 Å². The summed E-state index contributed by atoms with van der Waals surface area (Å²) in [4.78, 5) is 14.3. The third-order valence-corrected chi connectivity index (χ3v) is 7.21. The molecule has 0 radical (unpaired) electrons. The average molecular weight is 421 g/mol. The highest BCUT2D eigenvalue weighted by Crippen LogP contribution is 2.27. The van der Waals surface area contributed by atoms with Crippen molar-refractivity contribution in [3.63, 3.8) is 0 Å². The molecule has 1 aliphatic carbocycles. The lowest BCUT2D eigenvalue weighted by atomic mass is 9.91. The Bertz CT molecular complexity index is 996. The maximum Gasteiger partial charge on any atom is 0.264 e. The molecule has 2 atom stereocenters. The molecule has 0 spiro atoms. The normalized spacial score (nSPS) is 19.6. The highest BCUT2D eigenvalue weighted by Gasteiger charge is 2.31.